The van der Waals surface area contributed by atoms with Crippen molar-refractivity contribution in [2.24, 2.45) is 0 Å². The predicted molar refractivity (Wildman–Crippen MR) is 82.0 cm³/mol. The molecule has 8 heteroatoms. The van der Waals surface area contributed by atoms with Gasteiger partial charge in [-0.3, -0.25) is 9.89 Å². The number of carbonyl (C=O) groups excluding carboxylic acids is 1. The van der Waals surface area contributed by atoms with Crippen molar-refractivity contribution in [2.75, 3.05) is 11.6 Å². The van der Waals surface area contributed by atoms with Gasteiger partial charge in [-0.2, -0.15) is 10.1 Å². The zero-order chi connectivity index (χ0) is 15.6. The number of carbonyl (C=O) groups is 1. The van der Waals surface area contributed by atoms with Gasteiger partial charge >= 0.3 is 5.69 Å². The number of aryl methyl sites for hydroxylation is 1. The normalized spacial score (nSPS) is 10.9. The lowest BCUT2D eigenvalue weighted by molar-refractivity contribution is 0.102. The Kier molecular flexibility index (Phi) is 4.46. The molecule has 3 N–H and O–H groups in total. The van der Waals surface area contributed by atoms with Crippen LogP contribution in [0.25, 0.3) is 0 Å². The summed E-state index contributed by atoms with van der Waals surface area (Å²) < 4.78 is 0. The van der Waals surface area contributed by atoms with Crippen LogP contribution < -0.4 is 11.0 Å². The first kappa shape index (κ1) is 15.3. The lowest BCUT2D eigenvalue weighted by atomic mass is 10.1. The molecule has 112 valence electrons. The largest absolute Gasteiger partial charge is 0.346 e. The highest BCUT2D eigenvalue weighted by atomic mass is 32.2. The molecule has 7 nitrogen and oxygen atoms in total. The summed E-state index contributed by atoms with van der Waals surface area (Å²) in [4.78, 5) is 30.1. The monoisotopic (exact) mass is 307 g/mol. The van der Waals surface area contributed by atoms with E-state index in [-0.39, 0.29) is 5.91 Å². The molecule has 2 heterocycles. The van der Waals surface area contributed by atoms with Gasteiger partial charge < -0.3 is 10.3 Å². The molecule has 0 saturated heterocycles. The van der Waals surface area contributed by atoms with E-state index in [1.54, 1.807) is 19.2 Å². The molecule has 0 fully saturated rings. The number of amides is 1. The van der Waals surface area contributed by atoms with Crippen LogP contribution in [-0.2, 0) is 0 Å². The summed E-state index contributed by atoms with van der Waals surface area (Å²) in [5.74, 6) is 0.394. The third-order valence-electron chi connectivity index (χ3n) is 2.97. The first-order valence-electron chi connectivity index (χ1n) is 6.44. The predicted octanol–water partition coefficient (Wildman–Crippen LogP) is 1.90. The topological polar surface area (TPSA) is 104 Å². The van der Waals surface area contributed by atoms with E-state index >= 15 is 0 Å². The van der Waals surface area contributed by atoms with Gasteiger partial charge in [0, 0.05) is 17.5 Å². The molecule has 1 amide bonds. The molecule has 0 aliphatic rings. The highest BCUT2D eigenvalue weighted by molar-refractivity contribution is 7.98. The minimum Gasteiger partial charge on any atom is -0.309 e. The lowest BCUT2D eigenvalue weighted by Gasteiger charge is -2.08. The number of anilines is 1. The van der Waals surface area contributed by atoms with E-state index in [0.29, 0.717) is 28.0 Å². The molecule has 0 bridgehead atoms. The number of nitrogens with one attached hydrogen (secondary N) is 3. The second-order valence-corrected chi connectivity index (χ2v) is 5.66. The summed E-state index contributed by atoms with van der Waals surface area (Å²) >= 11 is 1.25. The Bertz CT molecular complexity index is 720. The number of thioether (sulfide) groups is 1. The summed E-state index contributed by atoms with van der Waals surface area (Å²) in [6, 6.07) is 1.79. The van der Waals surface area contributed by atoms with Crippen LogP contribution in [0.15, 0.2) is 15.9 Å². The smallest absolute Gasteiger partial charge is 0.309 e. The molecule has 0 aliphatic carbocycles. The highest BCUT2D eigenvalue weighted by Crippen LogP contribution is 2.20. The molecule has 0 saturated carbocycles. The summed E-state index contributed by atoms with van der Waals surface area (Å²) in [7, 11) is 0. The number of nitrogens with zero attached hydrogens (tertiary/aromatic N) is 2. The van der Waals surface area contributed by atoms with Crippen LogP contribution in [0.3, 0.4) is 0 Å². The van der Waals surface area contributed by atoms with Crippen LogP contribution in [0.1, 0.15) is 41.5 Å². The minimum atomic E-state index is -0.463. The van der Waals surface area contributed by atoms with Gasteiger partial charge in [0.1, 0.15) is 5.03 Å². The number of hydrogen-bond donors (Lipinski definition) is 3. The van der Waals surface area contributed by atoms with E-state index in [1.807, 2.05) is 13.8 Å². The fourth-order valence-corrected chi connectivity index (χ4v) is 2.47. The van der Waals surface area contributed by atoms with Crippen molar-refractivity contribution < 1.29 is 4.79 Å². The van der Waals surface area contributed by atoms with Gasteiger partial charge in [-0.05, 0) is 19.1 Å². The average Bonchev–Trinajstić information content (AvgIpc) is 2.86. The first-order valence-corrected chi connectivity index (χ1v) is 7.66. The Labute approximate surface area is 126 Å². The molecule has 0 radical (unpaired) electrons. The maximum Gasteiger partial charge on any atom is 0.346 e. The Balaban J connectivity index is 2.30. The Morgan fingerprint density at radius 3 is 2.71 bits per heavy atom. The summed E-state index contributed by atoms with van der Waals surface area (Å²) in [6.07, 6.45) is 1.77. The van der Waals surface area contributed by atoms with Crippen LogP contribution in [0.2, 0.25) is 0 Å². The van der Waals surface area contributed by atoms with Gasteiger partial charge in [0.2, 0.25) is 0 Å². The van der Waals surface area contributed by atoms with Crippen molar-refractivity contribution in [3.63, 3.8) is 0 Å². The van der Waals surface area contributed by atoms with E-state index in [4.69, 9.17) is 0 Å². The Morgan fingerprint density at radius 1 is 1.43 bits per heavy atom. The Morgan fingerprint density at radius 2 is 2.14 bits per heavy atom. The van der Waals surface area contributed by atoms with Gasteiger partial charge in [-0.1, -0.05) is 13.8 Å². The van der Waals surface area contributed by atoms with Gasteiger partial charge in [-0.25, -0.2) is 4.79 Å². The SMILES string of the molecule is CSc1nc(=O)[nH]c(C)c1C(=O)Nc1cc(C(C)C)[nH]n1. The molecule has 0 atom stereocenters. The first-order chi connectivity index (χ1) is 9.92. The quantitative estimate of drug-likeness (QED) is 0.591. The third kappa shape index (κ3) is 3.33. The average molecular weight is 307 g/mol. The number of hydrogen-bond acceptors (Lipinski definition) is 5. The van der Waals surface area contributed by atoms with E-state index < -0.39 is 5.69 Å². The van der Waals surface area contributed by atoms with Crippen molar-refractivity contribution in [3.05, 3.63) is 33.5 Å². The highest BCUT2D eigenvalue weighted by Gasteiger charge is 2.18. The van der Waals surface area contributed by atoms with Crippen molar-refractivity contribution >= 4 is 23.5 Å². The van der Waals surface area contributed by atoms with Crippen LogP contribution in [0, 0.1) is 6.92 Å². The van der Waals surface area contributed by atoms with Crippen molar-refractivity contribution in [1.82, 2.24) is 20.2 Å². The second kappa shape index (κ2) is 6.13. The lowest BCUT2D eigenvalue weighted by Crippen LogP contribution is -2.22. The Hall–Kier alpha value is -2.09. The maximum absolute atomic E-state index is 12.4. The van der Waals surface area contributed by atoms with Crippen LogP contribution in [0.5, 0.6) is 0 Å². The van der Waals surface area contributed by atoms with Crippen molar-refractivity contribution in [3.8, 4) is 0 Å². The van der Waals surface area contributed by atoms with Crippen molar-refractivity contribution in [1.29, 1.82) is 0 Å². The van der Waals surface area contributed by atoms with E-state index in [2.05, 4.69) is 25.5 Å². The molecule has 0 aliphatic heterocycles. The maximum atomic E-state index is 12.4. The number of aromatic amines is 2. The van der Waals surface area contributed by atoms with Crippen LogP contribution in [-0.4, -0.2) is 32.3 Å². The summed E-state index contributed by atoms with van der Waals surface area (Å²) in [5, 5.41) is 10.0. The van der Waals surface area contributed by atoms with Crippen molar-refractivity contribution in [2.45, 2.75) is 31.7 Å². The van der Waals surface area contributed by atoms with E-state index in [1.165, 1.54) is 11.8 Å². The molecule has 2 aromatic rings. The second-order valence-electron chi connectivity index (χ2n) is 4.87. The third-order valence-corrected chi connectivity index (χ3v) is 3.65. The molecule has 2 aromatic heterocycles. The summed E-state index contributed by atoms with van der Waals surface area (Å²) in [6.45, 7) is 5.73. The van der Waals surface area contributed by atoms with E-state index in [9.17, 15) is 9.59 Å². The van der Waals surface area contributed by atoms with Gasteiger partial charge in [-0.15, -0.1) is 11.8 Å². The standard InChI is InChI=1S/C13H17N5O2S/c1-6(2)8-5-9(18-17-8)15-11(19)10-7(3)14-13(20)16-12(10)21-4/h5-6H,1-4H3,(H,14,16,20)(H2,15,17,18,19). The molecule has 21 heavy (non-hydrogen) atoms. The number of rotatable bonds is 4. The zero-order valence-electron chi connectivity index (χ0n) is 12.3. The van der Waals surface area contributed by atoms with E-state index in [0.717, 1.165) is 5.69 Å². The molecule has 2 rings (SSSR count). The molecule has 0 unspecified atom stereocenters. The summed E-state index contributed by atoms with van der Waals surface area (Å²) in [5.41, 5.74) is 1.31. The number of aromatic nitrogens is 4. The van der Waals surface area contributed by atoms with Crippen LogP contribution >= 0.6 is 11.8 Å². The molecule has 0 aromatic carbocycles. The van der Waals surface area contributed by atoms with Gasteiger partial charge in [0.15, 0.2) is 5.82 Å². The number of H-pyrrole nitrogens is 2. The minimum absolute atomic E-state index is 0.293. The van der Waals surface area contributed by atoms with Gasteiger partial charge in [0.05, 0.1) is 5.56 Å². The fourth-order valence-electron chi connectivity index (χ4n) is 1.85. The molecular formula is C13H17N5O2S. The van der Waals surface area contributed by atoms with Gasteiger partial charge in [0.25, 0.3) is 5.91 Å². The fraction of sp³-hybridized carbons (Fsp3) is 0.385. The molecular weight excluding hydrogens is 290 g/mol. The zero-order valence-corrected chi connectivity index (χ0v) is 13.1. The van der Waals surface area contributed by atoms with Crippen LogP contribution in [0.4, 0.5) is 5.82 Å². The molecule has 0 spiro atoms.